The maximum Gasteiger partial charge on any atom is 0.326 e. The topological polar surface area (TPSA) is 74.6 Å². The lowest BCUT2D eigenvalue weighted by atomic mass is 9.62. The first kappa shape index (κ1) is 22.3. The maximum atomic E-state index is 11.5. The van der Waals surface area contributed by atoms with Crippen LogP contribution >= 0.6 is 0 Å². The normalized spacial score (nSPS) is 15.2. The van der Waals surface area contributed by atoms with Gasteiger partial charge in [0.15, 0.2) is 5.41 Å². The van der Waals surface area contributed by atoms with Crippen LogP contribution in [-0.2, 0) is 9.59 Å². The van der Waals surface area contributed by atoms with Crippen LogP contribution in [0.1, 0.15) is 17.5 Å². The van der Waals surface area contributed by atoms with Crippen molar-refractivity contribution in [3.05, 3.63) is 120 Å². The van der Waals surface area contributed by atoms with E-state index in [-0.39, 0.29) is 6.42 Å². The van der Waals surface area contributed by atoms with Crippen LogP contribution in [0.15, 0.2) is 109 Å². The van der Waals surface area contributed by atoms with E-state index in [9.17, 15) is 19.8 Å². The molecule has 2 N–H and O–H groups in total. The molecule has 0 heterocycles. The Morgan fingerprint density at radius 2 is 1.03 bits per heavy atom. The molecular weight excluding hydrogens is 472 g/mol. The van der Waals surface area contributed by atoms with Gasteiger partial charge in [0.2, 0.25) is 0 Å². The van der Waals surface area contributed by atoms with Gasteiger partial charge in [0.05, 0.1) is 0 Å². The lowest BCUT2D eigenvalue weighted by Crippen LogP contribution is -2.43. The van der Waals surface area contributed by atoms with Gasteiger partial charge in [0.25, 0.3) is 0 Å². The van der Waals surface area contributed by atoms with E-state index in [1.165, 1.54) is 43.1 Å². The van der Waals surface area contributed by atoms with Gasteiger partial charge in [-0.1, -0.05) is 109 Å². The molecule has 0 aromatic heterocycles. The Morgan fingerprint density at radius 3 is 1.47 bits per heavy atom. The standard InChI is InChI=1S/C20H12.C14H10O4/c1-5-13-6-2-11-17-18-12-4-8-14-7-3-10-16(20(14)18)15(9-1)19(13)17;15-12(16)14(13(17)18)7-3-6-10-8-4-1-2-5-9(8)11(10)14/h1-12H;1-6H,7H2,(H,15,16)(H,17,18). The summed E-state index contributed by atoms with van der Waals surface area (Å²) in [7, 11) is 0. The van der Waals surface area contributed by atoms with E-state index >= 15 is 0 Å². The number of allylic oxidation sites excluding steroid dienone is 3. The van der Waals surface area contributed by atoms with Crippen LogP contribution in [-0.4, -0.2) is 22.2 Å². The summed E-state index contributed by atoms with van der Waals surface area (Å²) in [6.45, 7) is 0. The van der Waals surface area contributed by atoms with Crippen molar-refractivity contribution in [3.63, 3.8) is 0 Å². The molecule has 6 aromatic rings. The Labute approximate surface area is 218 Å². The molecule has 0 amide bonds. The van der Waals surface area contributed by atoms with E-state index < -0.39 is 17.4 Å². The fourth-order valence-electron chi connectivity index (χ4n) is 6.30. The summed E-state index contributed by atoms with van der Waals surface area (Å²) in [5.41, 5.74) is 0.998. The minimum atomic E-state index is -1.83. The van der Waals surface area contributed by atoms with Crippen molar-refractivity contribution in [2.45, 2.75) is 6.42 Å². The van der Waals surface area contributed by atoms with E-state index in [1.54, 1.807) is 18.2 Å². The number of hydrogen-bond acceptors (Lipinski definition) is 2. The van der Waals surface area contributed by atoms with E-state index in [2.05, 4.69) is 72.8 Å². The van der Waals surface area contributed by atoms with Crippen molar-refractivity contribution >= 4 is 66.2 Å². The summed E-state index contributed by atoms with van der Waals surface area (Å²) in [5, 5.41) is 29.6. The van der Waals surface area contributed by atoms with Crippen LogP contribution in [0.2, 0.25) is 0 Å². The molecule has 2 aliphatic rings. The van der Waals surface area contributed by atoms with Crippen LogP contribution in [0.4, 0.5) is 0 Å². The highest BCUT2D eigenvalue weighted by Gasteiger charge is 2.54. The molecule has 0 spiro atoms. The summed E-state index contributed by atoms with van der Waals surface area (Å²) in [6.07, 6.45) is 3.42. The number of carboxylic acids is 2. The Morgan fingerprint density at radius 1 is 0.579 bits per heavy atom. The fourth-order valence-corrected chi connectivity index (χ4v) is 6.30. The van der Waals surface area contributed by atoms with Crippen LogP contribution < -0.4 is 0 Å². The summed E-state index contributed by atoms with van der Waals surface area (Å²) in [5.74, 6) is -2.61. The highest BCUT2D eigenvalue weighted by Crippen LogP contribution is 2.55. The second-order valence-electron chi connectivity index (χ2n) is 9.87. The monoisotopic (exact) mass is 494 g/mol. The second-order valence-corrected chi connectivity index (χ2v) is 9.87. The Hall–Kier alpha value is -4.96. The van der Waals surface area contributed by atoms with Crippen molar-refractivity contribution in [1.82, 2.24) is 0 Å². The Bertz CT molecular complexity index is 1830. The van der Waals surface area contributed by atoms with E-state index in [0.717, 1.165) is 16.7 Å². The molecule has 0 saturated heterocycles. The molecule has 4 nitrogen and oxygen atoms in total. The highest BCUT2D eigenvalue weighted by molar-refractivity contribution is 6.32. The van der Waals surface area contributed by atoms with Crippen molar-refractivity contribution in [1.29, 1.82) is 0 Å². The van der Waals surface area contributed by atoms with Gasteiger partial charge in [0, 0.05) is 0 Å². The smallest absolute Gasteiger partial charge is 0.326 e. The zero-order valence-electron chi connectivity index (χ0n) is 20.3. The van der Waals surface area contributed by atoms with Crippen LogP contribution in [0.25, 0.3) is 54.2 Å². The predicted octanol–water partition coefficient (Wildman–Crippen LogP) is 7.76. The van der Waals surface area contributed by atoms with Gasteiger partial charge in [-0.05, 0) is 71.8 Å². The zero-order chi connectivity index (χ0) is 26.0. The minimum absolute atomic E-state index is 0.00909. The van der Waals surface area contributed by atoms with Gasteiger partial charge >= 0.3 is 11.9 Å². The average Bonchev–Trinajstić information content (AvgIpc) is 2.94. The quantitative estimate of drug-likeness (QED) is 0.147. The van der Waals surface area contributed by atoms with E-state index in [0.29, 0.717) is 5.57 Å². The van der Waals surface area contributed by atoms with Crippen LogP contribution in [0.5, 0.6) is 0 Å². The Balaban J connectivity index is 0.000000128. The molecule has 0 radical (unpaired) electrons. The molecule has 0 atom stereocenters. The molecule has 182 valence electrons. The van der Waals surface area contributed by atoms with Gasteiger partial charge in [-0.3, -0.25) is 9.59 Å². The third-order valence-corrected chi connectivity index (χ3v) is 8.01. The number of rotatable bonds is 2. The number of carbonyl (C=O) groups is 2. The molecular formula is C34H22O4. The molecule has 0 bridgehead atoms. The van der Waals surface area contributed by atoms with Crippen LogP contribution in [0, 0.1) is 5.41 Å². The van der Waals surface area contributed by atoms with Gasteiger partial charge in [-0.2, -0.15) is 0 Å². The number of benzene rings is 6. The van der Waals surface area contributed by atoms with Gasteiger partial charge in [0.1, 0.15) is 0 Å². The molecule has 0 unspecified atom stereocenters. The predicted molar refractivity (Wildman–Crippen MR) is 152 cm³/mol. The van der Waals surface area contributed by atoms with Crippen molar-refractivity contribution < 1.29 is 19.8 Å². The maximum absolute atomic E-state index is 11.5. The molecule has 0 aliphatic heterocycles. The molecule has 6 aromatic carbocycles. The highest BCUT2D eigenvalue weighted by atomic mass is 16.4. The van der Waals surface area contributed by atoms with Crippen LogP contribution in [0.3, 0.4) is 0 Å². The zero-order valence-corrected chi connectivity index (χ0v) is 20.3. The van der Waals surface area contributed by atoms with Crippen molar-refractivity contribution in [3.8, 4) is 0 Å². The lowest BCUT2D eigenvalue weighted by molar-refractivity contribution is -0.159. The molecule has 2 aliphatic carbocycles. The molecule has 0 fully saturated rings. The fraction of sp³-hybridized carbons (Fsp3) is 0.0588. The number of carboxylic acid groups (broad SMARTS) is 2. The molecule has 8 rings (SSSR count). The number of hydrogen-bond donors (Lipinski definition) is 2. The van der Waals surface area contributed by atoms with E-state index in [1.807, 2.05) is 18.2 Å². The van der Waals surface area contributed by atoms with Gasteiger partial charge in [-0.25, -0.2) is 0 Å². The van der Waals surface area contributed by atoms with E-state index in [4.69, 9.17) is 0 Å². The SMILES string of the molecule is O=C(O)C1(C(=O)O)CC=CC2=C1c1ccccc12.c1cc2cccc3c4cccc5cccc(c(c1)c23)c54. The third kappa shape index (κ3) is 2.86. The number of aliphatic carboxylic acids is 2. The van der Waals surface area contributed by atoms with Gasteiger partial charge < -0.3 is 10.2 Å². The molecule has 4 heteroatoms. The molecule has 0 saturated carbocycles. The average molecular weight is 495 g/mol. The summed E-state index contributed by atoms with van der Waals surface area (Å²) in [6, 6.07) is 33.7. The largest absolute Gasteiger partial charge is 0.480 e. The first-order valence-corrected chi connectivity index (χ1v) is 12.5. The summed E-state index contributed by atoms with van der Waals surface area (Å²) >= 11 is 0. The van der Waals surface area contributed by atoms with Crippen molar-refractivity contribution in [2.24, 2.45) is 5.41 Å². The van der Waals surface area contributed by atoms with Gasteiger partial charge in [-0.15, -0.1) is 0 Å². The number of fused-ring (bicyclic) bond motifs is 5. The lowest BCUT2D eigenvalue weighted by Gasteiger charge is -2.38. The first-order valence-electron chi connectivity index (χ1n) is 12.5. The minimum Gasteiger partial charge on any atom is -0.480 e. The summed E-state index contributed by atoms with van der Waals surface area (Å²) < 4.78 is 0. The first-order chi connectivity index (χ1) is 18.5. The second kappa shape index (κ2) is 8.02. The van der Waals surface area contributed by atoms with Crippen molar-refractivity contribution in [2.75, 3.05) is 0 Å². The molecule has 38 heavy (non-hydrogen) atoms. The third-order valence-electron chi connectivity index (χ3n) is 8.01. The Kier molecular flexibility index (Phi) is 4.70. The summed E-state index contributed by atoms with van der Waals surface area (Å²) in [4.78, 5) is 22.9.